The Labute approximate surface area is 161 Å². The van der Waals surface area contributed by atoms with Crippen molar-refractivity contribution in [3.8, 4) is 26.8 Å². The highest BCUT2D eigenvalue weighted by Crippen LogP contribution is 2.35. The van der Waals surface area contributed by atoms with Crippen LogP contribution in [-0.2, 0) is 6.18 Å². The SMILES string of the molecule is C=Cc1nc(-c2cccnc2)sc1-c1ccn(-c2cnc(C(F)(F)F)nc2)n1. The third-order valence-corrected chi connectivity index (χ3v) is 4.88. The summed E-state index contributed by atoms with van der Waals surface area (Å²) in [6.07, 6.45) is 4.22. The van der Waals surface area contributed by atoms with E-state index >= 15 is 0 Å². The first-order chi connectivity index (χ1) is 13.5. The van der Waals surface area contributed by atoms with Gasteiger partial charge in [0.1, 0.15) is 16.4 Å². The smallest absolute Gasteiger partial charge is 0.264 e. The van der Waals surface area contributed by atoms with Crippen LogP contribution in [0.5, 0.6) is 0 Å². The van der Waals surface area contributed by atoms with E-state index in [0.717, 1.165) is 27.8 Å². The second-order valence-electron chi connectivity index (χ2n) is 5.59. The Kier molecular flexibility index (Phi) is 4.47. The van der Waals surface area contributed by atoms with Crippen molar-refractivity contribution in [1.82, 2.24) is 29.7 Å². The minimum absolute atomic E-state index is 0.316. The number of alkyl halides is 3. The number of rotatable bonds is 4. The van der Waals surface area contributed by atoms with Gasteiger partial charge in [0.05, 0.1) is 23.0 Å². The molecule has 0 aromatic carbocycles. The van der Waals surface area contributed by atoms with Crippen molar-refractivity contribution in [2.75, 3.05) is 0 Å². The van der Waals surface area contributed by atoms with Crippen molar-refractivity contribution < 1.29 is 13.2 Å². The maximum Gasteiger partial charge on any atom is 0.451 e. The minimum Gasteiger partial charge on any atom is -0.264 e. The van der Waals surface area contributed by atoms with Gasteiger partial charge in [-0.25, -0.2) is 19.6 Å². The lowest BCUT2D eigenvalue weighted by atomic mass is 10.3. The van der Waals surface area contributed by atoms with Gasteiger partial charge in [-0.05, 0) is 24.3 Å². The van der Waals surface area contributed by atoms with Gasteiger partial charge in [0.2, 0.25) is 5.82 Å². The molecule has 0 bridgehead atoms. The van der Waals surface area contributed by atoms with E-state index in [4.69, 9.17) is 0 Å². The van der Waals surface area contributed by atoms with Gasteiger partial charge >= 0.3 is 6.18 Å². The van der Waals surface area contributed by atoms with Gasteiger partial charge in [0, 0.05) is 24.2 Å². The third-order valence-electron chi connectivity index (χ3n) is 3.73. The molecular weight excluding hydrogens is 389 g/mol. The predicted octanol–water partition coefficient (Wildman–Crippen LogP) is 4.51. The number of thiazole rings is 1. The lowest BCUT2D eigenvalue weighted by Crippen LogP contribution is -2.11. The summed E-state index contributed by atoms with van der Waals surface area (Å²) in [5.74, 6) is -1.19. The van der Waals surface area contributed by atoms with Crippen molar-refractivity contribution >= 4 is 17.4 Å². The van der Waals surface area contributed by atoms with Gasteiger partial charge in [-0.2, -0.15) is 18.3 Å². The lowest BCUT2D eigenvalue weighted by Gasteiger charge is -2.05. The normalized spacial score (nSPS) is 11.5. The Morgan fingerprint density at radius 1 is 1.11 bits per heavy atom. The summed E-state index contributed by atoms with van der Waals surface area (Å²) >= 11 is 1.43. The van der Waals surface area contributed by atoms with Crippen LogP contribution >= 0.6 is 11.3 Å². The molecule has 0 spiro atoms. The first-order valence-electron chi connectivity index (χ1n) is 7.95. The highest BCUT2D eigenvalue weighted by molar-refractivity contribution is 7.18. The second kappa shape index (κ2) is 6.97. The Hall–Kier alpha value is -3.40. The van der Waals surface area contributed by atoms with Crippen LogP contribution in [0.3, 0.4) is 0 Å². The van der Waals surface area contributed by atoms with Crippen LogP contribution in [0.15, 0.2) is 55.8 Å². The summed E-state index contributed by atoms with van der Waals surface area (Å²) in [6, 6.07) is 5.47. The van der Waals surface area contributed by atoms with Gasteiger partial charge < -0.3 is 0 Å². The molecule has 0 aliphatic carbocycles. The summed E-state index contributed by atoms with van der Waals surface area (Å²) in [5.41, 5.74) is 2.47. The molecule has 6 nitrogen and oxygen atoms in total. The van der Waals surface area contributed by atoms with Crippen LogP contribution in [0, 0.1) is 0 Å². The number of hydrogen-bond acceptors (Lipinski definition) is 6. The molecule has 28 heavy (non-hydrogen) atoms. The monoisotopic (exact) mass is 400 g/mol. The molecule has 0 fully saturated rings. The van der Waals surface area contributed by atoms with Gasteiger partial charge in [-0.15, -0.1) is 11.3 Å². The fraction of sp³-hybridized carbons (Fsp3) is 0.0556. The van der Waals surface area contributed by atoms with Crippen LogP contribution in [-0.4, -0.2) is 29.7 Å². The molecule has 0 atom stereocenters. The summed E-state index contributed by atoms with van der Waals surface area (Å²) in [7, 11) is 0. The van der Waals surface area contributed by atoms with E-state index in [-0.39, 0.29) is 0 Å². The zero-order chi connectivity index (χ0) is 19.7. The molecule has 4 rings (SSSR count). The molecule has 4 aromatic rings. The highest BCUT2D eigenvalue weighted by Gasteiger charge is 2.34. The molecule has 4 aromatic heterocycles. The van der Waals surface area contributed by atoms with E-state index in [1.54, 1.807) is 30.7 Å². The highest BCUT2D eigenvalue weighted by atomic mass is 32.1. The molecule has 140 valence electrons. The standard InChI is InChI=1S/C18H11F3N6S/c1-2-13-15(28-16(25-13)11-4-3-6-22-8-11)14-5-7-27(26-14)12-9-23-17(24-10-12)18(19,20)21/h2-10H,1H2. The van der Waals surface area contributed by atoms with E-state index in [0.29, 0.717) is 17.1 Å². The summed E-state index contributed by atoms with van der Waals surface area (Å²) < 4.78 is 39.2. The van der Waals surface area contributed by atoms with Crippen LogP contribution in [0.2, 0.25) is 0 Å². The van der Waals surface area contributed by atoms with E-state index in [9.17, 15) is 13.2 Å². The predicted molar refractivity (Wildman–Crippen MR) is 98.6 cm³/mol. The van der Waals surface area contributed by atoms with Gasteiger partial charge in [0.25, 0.3) is 0 Å². The quantitative estimate of drug-likeness (QED) is 0.504. The molecular formula is C18H11F3N6S. The van der Waals surface area contributed by atoms with E-state index < -0.39 is 12.0 Å². The van der Waals surface area contributed by atoms with E-state index in [1.165, 1.54) is 16.0 Å². The Morgan fingerprint density at radius 2 is 1.89 bits per heavy atom. The number of halogens is 3. The van der Waals surface area contributed by atoms with E-state index in [2.05, 4.69) is 31.6 Å². The van der Waals surface area contributed by atoms with Gasteiger partial charge in [-0.3, -0.25) is 4.98 Å². The minimum atomic E-state index is -4.59. The van der Waals surface area contributed by atoms with Crippen LogP contribution in [0.25, 0.3) is 32.9 Å². The Bertz CT molecular complexity index is 1120. The molecule has 10 heteroatoms. The van der Waals surface area contributed by atoms with Crippen molar-refractivity contribution in [3.05, 3.63) is 67.3 Å². The van der Waals surface area contributed by atoms with Crippen molar-refractivity contribution in [2.45, 2.75) is 6.18 Å². The second-order valence-corrected chi connectivity index (χ2v) is 6.59. The zero-order valence-corrected chi connectivity index (χ0v) is 14.9. The van der Waals surface area contributed by atoms with Crippen LogP contribution in [0.1, 0.15) is 11.5 Å². The molecule has 0 aliphatic heterocycles. The fourth-order valence-corrected chi connectivity index (χ4v) is 3.46. The van der Waals surface area contributed by atoms with E-state index in [1.807, 2.05) is 12.1 Å². The van der Waals surface area contributed by atoms with Crippen molar-refractivity contribution in [1.29, 1.82) is 0 Å². The number of aromatic nitrogens is 6. The average Bonchev–Trinajstić information content (AvgIpc) is 3.35. The topological polar surface area (TPSA) is 69.4 Å². The van der Waals surface area contributed by atoms with Crippen LogP contribution in [0.4, 0.5) is 13.2 Å². The lowest BCUT2D eigenvalue weighted by molar-refractivity contribution is -0.145. The Balaban J connectivity index is 1.68. The Morgan fingerprint density at radius 3 is 2.54 bits per heavy atom. The molecule has 0 amide bonds. The zero-order valence-electron chi connectivity index (χ0n) is 14.1. The molecule has 0 saturated carbocycles. The van der Waals surface area contributed by atoms with Crippen molar-refractivity contribution in [2.24, 2.45) is 0 Å². The third kappa shape index (κ3) is 3.41. The first kappa shape index (κ1) is 18.0. The molecule has 0 radical (unpaired) electrons. The molecule has 0 unspecified atom stereocenters. The fourth-order valence-electron chi connectivity index (χ4n) is 2.44. The number of nitrogens with zero attached hydrogens (tertiary/aromatic N) is 6. The molecule has 0 aliphatic rings. The summed E-state index contributed by atoms with van der Waals surface area (Å²) in [6.45, 7) is 3.79. The summed E-state index contributed by atoms with van der Waals surface area (Å²) in [4.78, 5) is 16.2. The first-order valence-corrected chi connectivity index (χ1v) is 8.76. The van der Waals surface area contributed by atoms with Crippen molar-refractivity contribution in [3.63, 3.8) is 0 Å². The molecule has 4 heterocycles. The largest absolute Gasteiger partial charge is 0.451 e. The average molecular weight is 400 g/mol. The van der Waals surface area contributed by atoms with Gasteiger partial charge in [0.15, 0.2) is 0 Å². The van der Waals surface area contributed by atoms with Gasteiger partial charge in [-0.1, -0.05) is 6.58 Å². The maximum absolute atomic E-state index is 12.6. The number of hydrogen-bond donors (Lipinski definition) is 0. The maximum atomic E-state index is 12.6. The van der Waals surface area contributed by atoms with Crippen LogP contribution < -0.4 is 0 Å². The summed E-state index contributed by atoms with van der Waals surface area (Å²) in [5, 5.41) is 5.19. The molecule has 0 saturated heterocycles. The number of pyridine rings is 1. The molecule has 0 N–H and O–H groups in total.